The Bertz CT molecular complexity index is 812. The molecular weight excluding hydrogens is 331 g/mol. The molecule has 0 amide bonds. The van der Waals surface area contributed by atoms with E-state index >= 15 is 0 Å². The van der Waals surface area contributed by atoms with Gasteiger partial charge in [-0.3, -0.25) is 9.78 Å². The van der Waals surface area contributed by atoms with Crippen molar-refractivity contribution in [1.82, 2.24) is 9.97 Å². The van der Waals surface area contributed by atoms with Crippen LogP contribution in [0.5, 0.6) is 11.5 Å². The molecule has 0 bridgehead atoms. The van der Waals surface area contributed by atoms with Crippen LogP contribution < -0.4 is 11.2 Å². The summed E-state index contributed by atoms with van der Waals surface area (Å²) in [7, 11) is 0. The molecule has 1 aromatic heterocycles. The molecule has 9 N–H and O–H groups in total. The highest BCUT2D eigenvalue weighted by Gasteiger charge is 1.98. The van der Waals surface area contributed by atoms with Gasteiger partial charge >= 0.3 is 11.7 Å². The number of carboxylic acids is 1. The van der Waals surface area contributed by atoms with Crippen LogP contribution in [-0.4, -0.2) is 42.2 Å². The smallest absolute Gasteiger partial charge is 0.328 e. The fourth-order valence-electron chi connectivity index (χ4n) is 1.21. The van der Waals surface area contributed by atoms with Gasteiger partial charge in [-0.25, -0.2) is 9.59 Å². The molecule has 0 saturated heterocycles. The minimum Gasteiger partial charge on any atom is -0.504 e. The number of aromatic nitrogens is 2. The van der Waals surface area contributed by atoms with Crippen LogP contribution in [0.25, 0.3) is 6.08 Å². The van der Waals surface area contributed by atoms with E-state index in [4.69, 9.17) is 15.3 Å². The van der Waals surface area contributed by atoms with Crippen molar-refractivity contribution in [3.8, 4) is 11.5 Å². The first-order chi connectivity index (χ1) is 10.3. The Kier molecular flexibility index (Phi) is 9.81. The number of aromatic hydroxyl groups is 2. The first-order valence-corrected chi connectivity index (χ1v) is 5.70. The number of benzene rings is 1. The molecule has 0 aliphatic heterocycles. The average Bonchev–Trinajstić information content (AvgIpc) is 2.45. The standard InChI is InChI=1S/C9H8O4.C4H3FN2O2.2H2O/c10-7-3-1-6(5-8(7)11)2-4-9(12)13;5-2-1-6-4(9)7-3(2)8;;/h1-5,10-11H,(H,12,13);1H,(H2,6,7,8,9);2*1H2/b4-2+;;;. The van der Waals surface area contributed by atoms with E-state index in [0.717, 1.165) is 6.08 Å². The zero-order valence-electron chi connectivity index (χ0n) is 11.9. The summed E-state index contributed by atoms with van der Waals surface area (Å²) in [6, 6.07) is 4.06. The van der Waals surface area contributed by atoms with Crippen LogP contribution in [0.15, 0.2) is 40.1 Å². The van der Waals surface area contributed by atoms with Crippen LogP contribution in [0.4, 0.5) is 4.39 Å². The van der Waals surface area contributed by atoms with Crippen molar-refractivity contribution in [3.05, 3.63) is 62.7 Å². The Morgan fingerprint density at radius 3 is 2.21 bits per heavy atom. The minimum atomic E-state index is -1.06. The lowest BCUT2D eigenvalue weighted by Gasteiger charge is -1.97. The second kappa shape index (κ2) is 10.3. The van der Waals surface area contributed by atoms with Gasteiger partial charge in [0.2, 0.25) is 5.82 Å². The van der Waals surface area contributed by atoms with Crippen LogP contribution in [0.3, 0.4) is 0 Å². The van der Waals surface area contributed by atoms with E-state index in [1.165, 1.54) is 24.3 Å². The van der Waals surface area contributed by atoms with E-state index in [1.807, 2.05) is 4.98 Å². The number of aliphatic carboxylic acids is 1. The van der Waals surface area contributed by atoms with Crippen LogP contribution >= 0.6 is 0 Å². The van der Waals surface area contributed by atoms with Crippen LogP contribution in [0.1, 0.15) is 5.56 Å². The van der Waals surface area contributed by atoms with Crippen LogP contribution in [0.2, 0.25) is 0 Å². The molecular formula is C13H15FN2O8. The molecule has 2 rings (SSSR count). The van der Waals surface area contributed by atoms with Gasteiger partial charge in [-0.2, -0.15) is 4.39 Å². The maximum absolute atomic E-state index is 12.0. The lowest BCUT2D eigenvalue weighted by molar-refractivity contribution is -0.131. The summed E-state index contributed by atoms with van der Waals surface area (Å²) in [5.41, 5.74) is -1.20. The van der Waals surface area contributed by atoms with Gasteiger partial charge in [0, 0.05) is 12.3 Å². The number of hydrogen-bond acceptors (Lipinski definition) is 5. The number of carbonyl (C=O) groups is 1. The van der Waals surface area contributed by atoms with Gasteiger partial charge in [0.05, 0.1) is 0 Å². The summed E-state index contributed by atoms with van der Waals surface area (Å²) in [5.74, 6) is -2.55. The molecule has 0 unspecified atom stereocenters. The third-order valence-electron chi connectivity index (χ3n) is 2.19. The summed E-state index contributed by atoms with van der Waals surface area (Å²) < 4.78 is 12.0. The molecule has 132 valence electrons. The predicted octanol–water partition coefficient (Wildman–Crippen LogP) is -1.25. The average molecular weight is 346 g/mol. The van der Waals surface area contributed by atoms with E-state index < -0.39 is 23.0 Å². The first-order valence-electron chi connectivity index (χ1n) is 5.70. The monoisotopic (exact) mass is 346 g/mol. The number of halogens is 1. The Hall–Kier alpha value is -3.44. The van der Waals surface area contributed by atoms with Crippen molar-refractivity contribution in [3.63, 3.8) is 0 Å². The predicted molar refractivity (Wildman–Crippen MR) is 81.3 cm³/mol. The van der Waals surface area contributed by atoms with Crippen molar-refractivity contribution >= 4 is 12.0 Å². The number of nitrogens with one attached hydrogen (secondary N) is 2. The number of carboxylic acid groups (broad SMARTS) is 1. The van der Waals surface area contributed by atoms with Gasteiger partial charge in [-0.15, -0.1) is 0 Å². The summed E-state index contributed by atoms with van der Waals surface area (Å²) >= 11 is 0. The minimum absolute atomic E-state index is 0. The Labute approximate surface area is 132 Å². The zero-order valence-corrected chi connectivity index (χ0v) is 11.9. The van der Waals surface area contributed by atoms with Gasteiger partial charge in [0.1, 0.15) is 0 Å². The van der Waals surface area contributed by atoms with E-state index in [-0.39, 0.29) is 22.5 Å². The Morgan fingerprint density at radius 1 is 1.12 bits per heavy atom. The third-order valence-corrected chi connectivity index (χ3v) is 2.19. The summed E-state index contributed by atoms with van der Waals surface area (Å²) in [6.45, 7) is 0. The van der Waals surface area contributed by atoms with Gasteiger partial charge in [0.25, 0.3) is 5.56 Å². The Balaban J connectivity index is 0. The largest absolute Gasteiger partial charge is 0.504 e. The van der Waals surface area contributed by atoms with Crippen molar-refractivity contribution < 1.29 is 35.5 Å². The highest BCUT2D eigenvalue weighted by molar-refractivity contribution is 5.85. The number of aromatic amines is 2. The van der Waals surface area contributed by atoms with Crippen molar-refractivity contribution in [1.29, 1.82) is 0 Å². The molecule has 24 heavy (non-hydrogen) atoms. The van der Waals surface area contributed by atoms with E-state index in [0.29, 0.717) is 11.8 Å². The molecule has 0 spiro atoms. The molecule has 0 radical (unpaired) electrons. The number of phenols is 2. The topological polar surface area (TPSA) is 206 Å². The van der Waals surface area contributed by atoms with Gasteiger partial charge in [-0.1, -0.05) is 6.07 Å². The summed E-state index contributed by atoms with van der Waals surface area (Å²) in [4.78, 5) is 34.1. The lowest BCUT2D eigenvalue weighted by Crippen LogP contribution is -2.23. The molecule has 0 aliphatic rings. The summed E-state index contributed by atoms with van der Waals surface area (Å²) in [6.07, 6.45) is 2.98. The number of H-pyrrole nitrogens is 2. The van der Waals surface area contributed by atoms with Crippen LogP contribution in [0, 0.1) is 5.82 Å². The molecule has 1 aromatic carbocycles. The van der Waals surface area contributed by atoms with E-state index in [1.54, 1.807) is 4.98 Å². The Morgan fingerprint density at radius 2 is 1.75 bits per heavy atom. The van der Waals surface area contributed by atoms with E-state index in [2.05, 4.69) is 0 Å². The van der Waals surface area contributed by atoms with Gasteiger partial charge in [-0.05, 0) is 23.8 Å². The number of rotatable bonds is 2. The zero-order chi connectivity index (χ0) is 16.7. The normalized spacial score (nSPS) is 9.21. The SMILES string of the molecule is O.O.O=C(O)/C=C/c1ccc(O)c(O)c1.O=c1[nH]cc(F)c(=O)[nH]1. The second-order valence-corrected chi connectivity index (χ2v) is 3.84. The maximum atomic E-state index is 12.0. The molecule has 0 fully saturated rings. The highest BCUT2D eigenvalue weighted by Crippen LogP contribution is 2.25. The first kappa shape index (κ1) is 22.8. The number of hydrogen-bond donors (Lipinski definition) is 5. The molecule has 11 heteroatoms. The molecule has 0 aliphatic carbocycles. The fourth-order valence-corrected chi connectivity index (χ4v) is 1.21. The molecule has 0 saturated carbocycles. The molecule has 1 heterocycles. The van der Waals surface area contributed by atoms with Crippen molar-refractivity contribution in [2.45, 2.75) is 0 Å². The van der Waals surface area contributed by atoms with Gasteiger partial charge in [0.15, 0.2) is 11.5 Å². The highest BCUT2D eigenvalue weighted by atomic mass is 19.1. The molecule has 0 atom stereocenters. The number of phenolic OH excluding ortho intramolecular Hbond substituents is 2. The lowest BCUT2D eigenvalue weighted by atomic mass is 10.2. The van der Waals surface area contributed by atoms with Crippen LogP contribution in [-0.2, 0) is 4.79 Å². The van der Waals surface area contributed by atoms with E-state index in [9.17, 15) is 18.8 Å². The van der Waals surface area contributed by atoms with Crippen molar-refractivity contribution in [2.75, 3.05) is 0 Å². The third kappa shape index (κ3) is 7.53. The maximum Gasteiger partial charge on any atom is 0.328 e. The fraction of sp³-hybridized carbons (Fsp3) is 0. The van der Waals surface area contributed by atoms with Crippen molar-refractivity contribution in [2.24, 2.45) is 0 Å². The quantitative estimate of drug-likeness (QED) is 0.331. The summed E-state index contributed by atoms with van der Waals surface area (Å²) in [5, 5.41) is 26.3. The molecule has 10 nitrogen and oxygen atoms in total. The molecule has 2 aromatic rings. The second-order valence-electron chi connectivity index (χ2n) is 3.84. The van der Waals surface area contributed by atoms with Gasteiger partial charge < -0.3 is 31.3 Å².